The van der Waals surface area contributed by atoms with Crippen LogP contribution in [-0.4, -0.2) is 14.8 Å². The van der Waals surface area contributed by atoms with Crippen molar-refractivity contribution in [3.8, 4) is 0 Å². The van der Waals surface area contributed by atoms with Gasteiger partial charge in [0.05, 0.1) is 6.54 Å². The molecule has 2 aromatic rings. The van der Waals surface area contributed by atoms with Gasteiger partial charge in [-0.1, -0.05) is 33.8 Å². The zero-order chi connectivity index (χ0) is 14.1. The van der Waals surface area contributed by atoms with Gasteiger partial charge in [0.25, 0.3) is 0 Å². The van der Waals surface area contributed by atoms with Crippen molar-refractivity contribution >= 4 is 27.7 Å². The van der Waals surface area contributed by atoms with Crippen LogP contribution in [0.1, 0.15) is 30.3 Å². The molecule has 0 bridgehead atoms. The lowest BCUT2D eigenvalue weighted by molar-refractivity contribution is 0.614. The van der Waals surface area contributed by atoms with Crippen LogP contribution in [0.4, 0.5) is 4.39 Å². The third-order valence-electron chi connectivity index (χ3n) is 3.20. The number of halogens is 2. The summed E-state index contributed by atoms with van der Waals surface area (Å²) < 4.78 is 16.6. The molecule has 20 heavy (non-hydrogen) atoms. The number of hydrogen-bond acceptors (Lipinski definition) is 4. The van der Waals surface area contributed by atoms with Crippen molar-refractivity contribution in [2.24, 2.45) is 5.73 Å². The fraction of sp³-hybridized carbons (Fsp3) is 0.385. The monoisotopic (exact) mass is 356 g/mol. The Morgan fingerprint density at radius 2 is 2.20 bits per heavy atom. The highest BCUT2D eigenvalue weighted by Crippen LogP contribution is 2.39. The molecule has 1 fully saturated rings. The second-order valence-corrected chi connectivity index (χ2v) is 6.59. The van der Waals surface area contributed by atoms with Gasteiger partial charge in [-0.25, -0.2) is 4.39 Å². The van der Waals surface area contributed by atoms with Crippen LogP contribution >= 0.6 is 27.7 Å². The van der Waals surface area contributed by atoms with Gasteiger partial charge in [-0.3, -0.25) is 0 Å². The number of nitrogens with two attached hydrogens (primary N) is 1. The topological polar surface area (TPSA) is 56.7 Å². The molecule has 1 aliphatic carbocycles. The molecule has 3 rings (SSSR count). The zero-order valence-corrected chi connectivity index (χ0v) is 13.1. The van der Waals surface area contributed by atoms with Crippen LogP contribution in [0.25, 0.3) is 0 Å². The van der Waals surface area contributed by atoms with Crippen LogP contribution in [0.5, 0.6) is 0 Å². The van der Waals surface area contributed by atoms with E-state index in [0.717, 1.165) is 28.3 Å². The average Bonchev–Trinajstić information content (AvgIpc) is 3.18. The standard InChI is InChI=1S/C13H14BrFN4S/c14-9-2-1-8(11(15)5-9)7-20-13-18-17-12(6-16)19(13)10-3-4-10/h1-2,5,10H,3-4,6-7,16H2. The highest BCUT2D eigenvalue weighted by Gasteiger charge is 2.29. The van der Waals surface area contributed by atoms with Crippen molar-refractivity contribution in [1.82, 2.24) is 14.8 Å². The smallest absolute Gasteiger partial charge is 0.191 e. The van der Waals surface area contributed by atoms with Gasteiger partial charge in [0, 0.05) is 16.3 Å². The number of nitrogens with zero attached hydrogens (tertiary/aromatic N) is 3. The minimum absolute atomic E-state index is 0.205. The molecular weight excluding hydrogens is 343 g/mol. The number of aromatic nitrogens is 3. The molecule has 1 aromatic heterocycles. The van der Waals surface area contributed by atoms with Gasteiger partial charge in [0.15, 0.2) is 5.16 Å². The second kappa shape index (κ2) is 5.83. The lowest BCUT2D eigenvalue weighted by Crippen LogP contribution is -2.08. The average molecular weight is 357 g/mol. The van der Waals surface area contributed by atoms with Gasteiger partial charge >= 0.3 is 0 Å². The summed E-state index contributed by atoms with van der Waals surface area (Å²) in [5.74, 6) is 1.14. The van der Waals surface area contributed by atoms with Crippen molar-refractivity contribution in [2.45, 2.75) is 36.3 Å². The van der Waals surface area contributed by atoms with Crippen LogP contribution in [0, 0.1) is 5.82 Å². The van der Waals surface area contributed by atoms with E-state index in [9.17, 15) is 4.39 Å². The van der Waals surface area contributed by atoms with E-state index in [0.29, 0.717) is 23.9 Å². The SMILES string of the molecule is NCc1nnc(SCc2ccc(Br)cc2F)n1C1CC1. The quantitative estimate of drug-likeness (QED) is 0.835. The van der Waals surface area contributed by atoms with E-state index in [1.54, 1.807) is 6.07 Å². The molecule has 1 heterocycles. The minimum atomic E-state index is -0.205. The third-order valence-corrected chi connectivity index (χ3v) is 4.69. The van der Waals surface area contributed by atoms with E-state index in [-0.39, 0.29) is 5.82 Å². The maximum atomic E-state index is 13.8. The summed E-state index contributed by atoms with van der Waals surface area (Å²) in [6.45, 7) is 0.386. The first-order valence-corrected chi connectivity index (χ1v) is 8.17. The van der Waals surface area contributed by atoms with E-state index in [1.807, 2.05) is 6.07 Å². The molecule has 2 N–H and O–H groups in total. The van der Waals surface area contributed by atoms with E-state index in [2.05, 4.69) is 30.7 Å². The Balaban J connectivity index is 1.76. The molecule has 7 heteroatoms. The fourth-order valence-corrected chi connectivity index (χ4v) is 3.37. The van der Waals surface area contributed by atoms with E-state index >= 15 is 0 Å². The number of thioether (sulfide) groups is 1. The van der Waals surface area contributed by atoms with Crippen LogP contribution in [-0.2, 0) is 12.3 Å². The minimum Gasteiger partial charge on any atom is -0.324 e. The number of rotatable bonds is 5. The van der Waals surface area contributed by atoms with Crippen LogP contribution < -0.4 is 5.73 Å². The first-order chi connectivity index (χ1) is 9.69. The summed E-state index contributed by atoms with van der Waals surface area (Å²) in [4.78, 5) is 0. The lowest BCUT2D eigenvalue weighted by atomic mass is 10.2. The Morgan fingerprint density at radius 1 is 1.40 bits per heavy atom. The maximum Gasteiger partial charge on any atom is 0.191 e. The van der Waals surface area contributed by atoms with Gasteiger partial charge in [-0.2, -0.15) is 0 Å². The van der Waals surface area contributed by atoms with Crippen molar-refractivity contribution in [1.29, 1.82) is 0 Å². The maximum absolute atomic E-state index is 13.8. The Bertz CT molecular complexity index is 627. The summed E-state index contributed by atoms with van der Waals surface area (Å²) in [5.41, 5.74) is 6.34. The molecule has 1 saturated carbocycles. The Hall–Kier alpha value is -0.920. The lowest BCUT2D eigenvalue weighted by Gasteiger charge is -2.08. The molecule has 4 nitrogen and oxygen atoms in total. The predicted octanol–water partition coefficient (Wildman–Crippen LogP) is 3.27. The summed E-state index contributed by atoms with van der Waals surface area (Å²) in [6, 6.07) is 5.58. The second-order valence-electron chi connectivity index (χ2n) is 4.73. The summed E-state index contributed by atoms with van der Waals surface area (Å²) >= 11 is 4.76. The largest absolute Gasteiger partial charge is 0.324 e. The molecule has 0 atom stereocenters. The first kappa shape index (κ1) is 14.0. The molecule has 0 unspecified atom stereocenters. The van der Waals surface area contributed by atoms with Gasteiger partial charge in [-0.15, -0.1) is 10.2 Å². The van der Waals surface area contributed by atoms with E-state index < -0.39 is 0 Å². The molecule has 0 saturated heterocycles. The molecule has 1 aromatic carbocycles. The van der Waals surface area contributed by atoms with Crippen molar-refractivity contribution in [2.75, 3.05) is 0 Å². The Labute approximate surface area is 129 Å². The van der Waals surface area contributed by atoms with Gasteiger partial charge in [0.1, 0.15) is 11.6 Å². The summed E-state index contributed by atoms with van der Waals surface area (Å²) in [6.07, 6.45) is 2.29. The molecule has 0 aliphatic heterocycles. The fourth-order valence-electron chi connectivity index (χ4n) is 2.03. The highest BCUT2D eigenvalue weighted by molar-refractivity contribution is 9.10. The number of hydrogen-bond donors (Lipinski definition) is 1. The van der Waals surface area contributed by atoms with E-state index in [4.69, 9.17) is 5.73 Å². The van der Waals surface area contributed by atoms with Crippen molar-refractivity contribution in [3.63, 3.8) is 0 Å². The predicted molar refractivity (Wildman–Crippen MR) is 79.8 cm³/mol. The van der Waals surface area contributed by atoms with Crippen LogP contribution in [0.15, 0.2) is 27.8 Å². The molecule has 0 radical (unpaired) electrons. The molecular formula is C13H14BrFN4S. The third kappa shape index (κ3) is 2.89. The van der Waals surface area contributed by atoms with E-state index in [1.165, 1.54) is 17.8 Å². The summed E-state index contributed by atoms with van der Waals surface area (Å²) in [7, 11) is 0. The van der Waals surface area contributed by atoms with Crippen molar-refractivity contribution in [3.05, 3.63) is 39.9 Å². The highest BCUT2D eigenvalue weighted by atomic mass is 79.9. The number of benzene rings is 1. The molecule has 0 amide bonds. The summed E-state index contributed by atoms with van der Waals surface area (Å²) in [5, 5.41) is 9.11. The first-order valence-electron chi connectivity index (χ1n) is 6.39. The van der Waals surface area contributed by atoms with Crippen LogP contribution in [0.3, 0.4) is 0 Å². The van der Waals surface area contributed by atoms with Crippen molar-refractivity contribution < 1.29 is 4.39 Å². The van der Waals surface area contributed by atoms with Gasteiger partial charge in [-0.05, 0) is 30.5 Å². The Morgan fingerprint density at radius 3 is 2.85 bits per heavy atom. The normalized spacial score (nSPS) is 14.8. The Kier molecular flexibility index (Phi) is 4.09. The molecule has 106 valence electrons. The molecule has 0 spiro atoms. The van der Waals surface area contributed by atoms with Crippen LogP contribution in [0.2, 0.25) is 0 Å². The zero-order valence-electron chi connectivity index (χ0n) is 10.7. The van der Waals surface area contributed by atoms with Gasteiger partial charge in [0.2, 0.25) is 0 Å². The van der Waals surface area contributed by atoms with Gasteiger partial charge < -0.3 is 10.3 Å². The molecule has 1 aliphatic rings.